The van der Waals surface area contributed by atoms with Crippen molar-refractivity contribution < 1.29 is 19.0 Å². The van der Waals surface area contributed by atoms with E-state index in [-0.39, 0.29) is 12.8 Å². The molecule has 0 heterocycles. The molecule has 1 aromatic carbocycles. The van der Waals surface area contributed by atoms with Gasteiger partial charge in [0.15, 0.2) is 6.79 Å². The van der Waals surface area contributed by atoms with Crippen molar-refractivity contribution in [2.24, 2.45) is 5.41 Å². The van der Waals surface area contributed by atoms with Crippen LogP contribution in [-0.2, 0) is 9.53 Å². The van der Waals surface area contributed by atoms with Gasteiger partial charge in [0.25, 0.3) is 0 Å². The highest BCUT2D eigenvalue weighted by atomic mass is 28.3. The van der Waals surface area contributed by atoms with Gasteiger partial charge in [0.2, 0.25) is 0 Å². The molecule has 0 spiro atoms. The Hall–Kier alpha value is -1.59. The molecular weight excluding hydrogens is 356 g/mol. The van der Waals surface area contributed by atoms with Crippen LogP contribution in [0.3, 0.4) is 0 Å². The molecule has 27 heavy (non-hydrogen) atoms. The highest BCUT2D eigenvalue weighted by molar-refractivity contribution is 6.76. The van der Waals surface area contributed by atoms with E-state index in [1.165, 1.54) is 5.57 Å². The third kappa shape index (κ3) is 6.81. The first-order valence-electron chi connectivity index (χ1n) is 9.94. The minimum absolute atomic E-state index is 0.138. The van der Waals surface area contributed by atoms with E-state index in [4.69, 9.17) is 14.2 Å². The summed E-state index contributed by atoms with van der Waals surface area (Å²) in [7, 11) is -1.09. The first-order chi connectivity index (χ1) is 12.7. The molecule has 0 bridgehead atoms. The Kier molecular flexibility index (Phi) is 7.68. The number of esters is 1. The average Bonchev–Trinajstić information content (AvgIpc) is 2.62. The maximum atomic E-state index is 12.8. The second-order valence-corrected chi connectivity index (χ2v) is 14.4. The standard InChI is InChI=1S/C22H34O4Si/c1-6-22(12-10-18(2)11-13-22)21(23)26-20-9-7-8-19(16-20)25-17-24-14-15-27(3,4)5/h7-9,16H,2,6,10-15,17H2,1,3-5H3. The van der Waals surface area contributed by atoms with Gasteiger partial charge in [-0.25, -0.2) is 0 Å². The van der Waals surface area contributed by atoms with Gasteiger partial charge in [-0.05, 0) is 50.3 Å². The van der Waals surface area contributed by atoms with Gasteiger partial charge in [-0.2, -0.15) is 0 Å². The van der Waals surface area contributed by atoms with Crippen LogP contribution in [0.2, 0.25) is 25.7 Å². The highest BCUT2D eigenvalue weighted by Crippen LogP contribution is 2.42. The fourth-order valence-electron chi connectivity index (χ4n) is 3.17. The number of carbonyl (C=O) groups excluding carboxylic acids is 1. The average molecular weight is 391 g/mol. The number of ether oxygens (including phenoxy) is 3. The zero-order valence-corrected chi connectivity index (χ0v) is 18.3. The van der Waals surface area contributed by atoms with Crippen LogP contribution in [0.1, 0.15) is 39.0 Å². The van der Waals surface area contributed by atoms with Crippen LogP contribution < -0.4 is 9.47 Å². The van der Waals surface area contributed by atoms with E-state index in [0.29, 0.717) is 18.1 Å². The lowest BCUT2D eigenvalue weighted by Crippen LogP contribution is -2.36. The number of rotatable bonds is 9. The summed E-state index contributed by atoms with van der Waals surface area (Å²) >= 11 is 0. The SMILES string of the molecule is C=C1CCC(CC)(C(=O)Oc2cccc(OCOCC[Si](C)(C)C)c2)CC1. The van der Waals surface area contributed by atoms with Crippen LogP contribution in [0.4, 0.5) is 0 Å². The van der Waals surface area contributed by atoms with Gasteiger partial charge < -0.3 is 14.2 Å². The van der Waals surface area contributed by atoms with Crippen molar-refractivity contribution in [2.75, 3.05) is 13.4 Å². The lowest BCUT2D eigenvalue weighted by molar-refractivity contribution is -0.147. The van der Waals surface area contributed by atoms with Crippen LogP contribution in [0.15, 0.2) is 36.4 Å². The summed E-state index contributed by atoms with van der Waals surface area (Å²) < 4.78 is 16.9. The predicted octanol–water partition coefficient (Wildman–Crippen LogP) is 5.81. The molecule has 4 nitrogen and oxygen atoms in total. The fourth-order valence-corrected chi connectivity index (χ4v) is 3.93. The first kappa shape index (κ1) is 21.7. The van der Waals surface area contributed by atoms with E-state index < -0.39 is 13.5 Å². The molecule has 1 fully saturated rings. The number of hydrogen-bond donors (Lipinski definition) is 0. The van der Waals surface area contributed by atoms with Crippen molar-refractivity contribution in [3.63, 3.8) is 0 Å². The minimum Gasteiger partial charge on any atom is -0.467 e. The number of carbonyl (C=O) groups is 1. The Morgan fingerprint density at radius 1 is 1.19 bits per heavy atom. The predicted molar refractivity (Wildman–Crippen MR) is 112 cm³/mol. The first-order valence-corrected chi connectivity index (χ1v) is 13.6. The van der Waals surface area contributed by atoms with Crippen molar-refractivity contribution in [2.45, 2.75) is 64.7 Å². The lowest BCUT2D eigenvalue weighted by atomic mass is 9.71. The second-order valence-electron chi connectivity index (χ2n) is 8.73. The molecule has 0 radical (unpaired) electrons. The van der Waals surface area contributed by atoms with Crippen molar-refractivity contribution in [3.8, 4) is 11.5 Å². The van der Waals surface area contributed by atoms with Crippen molar-refractivity contribution in [3.05, 3.63) is 36.4 Å². The second kappa shape index (κ2) is 9.56. The molecule has 0 aromatic heterocycles. The molecule has 1 aliphatic rings. The molecule has 0 aliphatic heterocycles. The molecule has 2 rings (SSSR count). The van der Waals surface area contributed by atoms with E-state index in [1.807, 2.05) is 12.1 Å². The van der Waals surface area contributed by atoms with Crippen molar-refractivity contribution in [1.82, 2.24) is 0 Å². The normalized spacial score (nSPS) is 16.8. The van der Waals surface area contributed by atoms with Crippen LogP contribution in [0.25, 0.3) is 0 Å². The maximum absolute atomic E-state index is 12.8. The molecule has 0 N–H and O–H groups in total. The van der Waals surface area contributed by atoms with Gasteiger partial charge >= 0.3 is 5.97 Å². The van der Waals surface area contributed by atoms with Crippen LogP contribution in [-0.4, -0.2) is 27.4 Å². The molecule has 0 amide bonds. The molecular formula is C22H34O4Si. The molecule has 0 unspecified atom stereocenters. The molecule has 5 heteroatoms. The fraction of sp³-hybridized carbons (Fsp3) is 0.591. The van der Waals surface area contributed by atoms with Crippen LogP contribution >= 0.6 is 0 Å². The molecule has 150 valence electrons. The van der Waals surface area contributed by atoms with E-state index in [2.05, 4.69) is 33.1 Å². The monoisotopic (exact) mass is 390 g/mol. The minimum atomic E-state index is -1.09. The number of allylic oxidation sites excluding steroid dienone is 1. The summed E-state index contributed by atoms with van der Waals surface area (Å²) in [5.74, 6) is 1.04. The largest absolute Gasteiger partial charge is 0.467 e. The summed E-state index contributed by atoms with van der Waals surface area (Å²) in [5.41, 5.74) is 0.842. The van der Waals surface area contributed by atoms with E-state index >= 15 is 0 Å². The summed E-state index contributed by atoms with van der Waals surface area (Å²) in [4.78, 5) is 12.8. The summed E-state index contributed by atoms with van der Waals surface area (Å²) in [6.45, 7) is 14.0. The maximum Gasteiger partial charge on any atom is 0.317 e. The Balaban J connectivity index is 1.87. The third-order valence-electron chi connectivity index (χ3n) is 5.35. The van der Waals surface area contributed by atoms with Gasteiger partial charge in [0.05, 0.1) is 5.41 Å². The van der Waals surface area contributed by atoms with E-state index in [1.54, 1.807) is 12.1 Å². The van der Waals surface area contributed by atoms with Crippen LogP contribution in [0, 0.1) is 5.41 Å². The Morgan fingerprint density at radius 3 is 2.48 bits per heavy atom. The topological polar surface area (TPSA) is 44.8 Å². The third-order valence-corrected chi connectivity index (χ3v) is 7.05. The van der Waals surface area contributed by atoms with E-state index in [0.717, 1.165) is 38.1 Å². The molecule has 0 saturated heterocycles. The van der Waals surface area contributed by atoms with Gasteiger partial charge in [-0.3, -0.25) is 4.79 Å². The van der Waals surface area contributed by atoms with Crippen molar-refractivity contribution in [1.29, 1.82) is 0 Å². The van der Waals surface area contributed by atoms with Gasteiger partial charge in [-0.1, -0.05) is 44.8 Å². The summed E-state index contributed by atoms with van der Waals surface area (Å²) in [5, 5.41) is 0. The number of benzene rings is 1. The molecule has 1 aliphatic carbocycles. The quantitative estimate of drug-likeness (QED) is 0.133. The van der Waals surface area contributed by atoms with Gasteiger partial charge in [0, 0.05) is 20.7 Å². The zero-order chi connectivity index (χ0) is 19.9. The smallest absolute Gasteiger partial charge is 0.317 e. The molecule has 1 aromatic rings. The summed E-state index contributed by atoms with van der Waals surface area (Å²) in [6.07, 6.45) is 4.24. The Bertz CT molecular complexity index is 638. The highest BCUT2D eigenvalue weighted by Gasteiger charge is 2.40. The Labute approximate surface area is 164 Å². The van der Waals surface area contributed by atoms with Gasteiger partial charge in [-0.15, -0.1) is 0 Å². The molecule has 1 saturated carbocycles. The van der Waals surface area contributed by atoms with Crippen molar-refractivity contribution >= 4 is 14.0 Å². The van der Waals surface area contributed by atoms with Gasteiger partial charge in [0.1, 0.15) is 11.5 Å². The molecule has 0 atom stereocenters. The van der Waals surface area contributed by atoms with Crippen LogP contribution in [0.5, 0.6) is 11.5 Å². The Morgan fingerprint density at radius 2 is 1.85 bits per heavy atom. The van der Waals surface area contributed by atoms with E-state index in [9.17, 15) is 4.79 Å². The summed E-state index contributed by atoms with van der Waals surface area (Å²) in [6, 6.07) is 8.34. The zero-order valence-electron chi connectivity index (χ0n) is 17.3. The number of hydrogen-bond acceptors (Lipinski definition) is 4. The lowest BCUT2D eigenvalue weighted by Gasteiger charge is -2.34.